The first-order chi connectivity index (χ1) is 10.6. The first-order valence-corrected chi connectivity index (χ1v) is 7.36. The van der Waals surface area contributed by atoms with E-state index in [0.29, 0.717) is 6.61 Å². The molecule has 6 nitrogen and oxygen atoms in total. The van der Waals surface area contributed by atoms with Crippen molar-refractivity contribution in [3.05, 3.63) is 29.8 Å². The predicted molar refractivity (Wildman–Crippen MR) is 106 cm³/mol. The summed E-state index contributed by atoms with van der Waals surface area (Å²) in [4.78, 5) is 6.38. The topological polar surface area (TPSA) is 58.1 Å². The van der Waals surface area contributed by atoms with Gasteiger partial charge in [0, 0.05) is 32.8 Å². The highest BCUT2D eigenvalue weighted by atomic mass is 127. The summed E-state index contributed by atoms with van der Waals surface area (Å²) < 4.78 is 10.5. The minimum Gasteiger partial charge on any atom is -0.496 e. The molecule has 1 aromatic rings. The molecule has 0 aliphatic carbocycles. The lowest BCUT2D eigenvalue weighted by Gasteiger charge is -2.27. The molecule has 0 spiro atoms. The second-order valence-electron chi connectivity index (χ2n) is 5.09. The summed E-state index contributed by atoms with van der Waals surface area (Å²) in [6.45, 7) is 2.09. The Kier molecular flexibility index (Phi) is 11.8. The molecular weight excluding hydrogens is 407 g/mol. The van der Waals surface area contributed by atoms with Crippen LogP contribution in [-0.4, -0.2) is 65.9 Å². The van der Waals surface area contributed by atoms with Crippen molar-refractivity contribution in [3.8, 4) is 5.75 Å². The first kappa shape index (κ1) is 21.9. The molecule has 0 amide bonds. The Hall–Kier alpha value is -1.06. The molecule has 1 aromatic carbocycles. The lowest BCUT2D eigenvalue weighted by Crippen LogP contribution is -2.42. The maximum absolute atomic E-state index is 5.47. The van der Waals surface area contributed by atoms with E-state index in [0.717, 1.165) is 30.4 Å². The number of benzene rings is 1. The molecule has 2 N–H and O–H groups in total. The SMILES string of the molecule is CN=C(NCCOC)NCC(c1ccccc1OC)N(C)C.I. The van der Waals surface area contributed by atoms with Gasteiger partial charge in [-0.2, -0.15) is 0 Å². The van der Waals surface area contributed by atoms with Crippen molar-refractivity contribution in [2.75, 3.05) is 55.1 Å². The van der Waals surface area contributed by atoms with E-state index in [9.17, 15) is 0 Å². The third kappa shape index (κ3) is 7.36. The van der Waals surface area contributed by atoms with Gasteiger partial charge >= 0.3 is 0 Å². The molecule has 0 saturated heterocycles. The van der Waals surface area contributed by atoms with E-state index in [-0.39, 0.29) is 30.0 Å². The number of ether oxygens (including phenoxy) is 2. The molecule has 0 saturated carbocycles. The van der Waals surface area contributed by atoms with Crippen LogP contribution in [0.4, 0.5) is 0 Å². The summed E-state index contributed by atoms with van der Waals surface area (Å²) in [7, 11) is 9.25. The molecule has 1 atom stereocenters. The number of guanidine groups is 1. The van der Waals surface area contributed by atoms with Crippen LogP contribution in [-0.2, 0) is 4.74 Å². The summed E-state index contributed by atoms with van der Waals surface area (Å²) in [5.74, 6) is 1.66. The molecule has 0 aliphatic heterocycles. The van der Waals surface area contributed by atoms with Crippen LogP contribution in [0.15, 0.2) is 29.3 Å². The van der Waals surface area contributed by atoms with Crippen LogP contribution in [0.1, 0.15) is 11.6 Å². The van der Waals surface area contributed by atoms with E-state index in [1.54, 1.807) is 21.3 Å². The third-order valence-electron chi connectivity index (χ3n) is 3.41. The van der Waals surface area contributed by atoms with Gasteiger partial charge in [-0.3, -0.25) is 4.99 Å². The molecule has 0 radical (unpaired) electrons. The van der Waals surface area contributed by atoms with Gasteiger partial charge in [0.05, 0.1) is 19.8 Å². The summed E-state index contributed by atoms with van der Waals surface area (Å²) >= 11 is 0. The zero-order chi connectivity index (χ0) is 16.4. The van der Waals surface area contributed by atoms with E-state index in [4.69, 9.17) is 9.47 Å². The quantitative estimate of drug-likeness (QED) is 0.282. The zero-order valence-corrected chi connectivity index (χ0v) is 17.0. The Balaban J connectivity index is 0.00000484. The second kappa shape index (κ2) is 12.4. The molecule has 0 bridgehead atoms. The van der Waals surface area contributed by atoms with Gasteiger partial charge in [-0.15, -0.1) is 24.0 Å². The standard InChI is InChI=1S/C16H28N4O2.HI/c1-17-16(18-10-11-21-4)19-12-14(20(2)3)13-8-6-7-9-15(13)22-5;/h6-9,14H,10-12H2,1-5H3,(H2,17,18,19);1H. The number of hydrogen-bond donors (Lipinski definition) is 2. The van der Waals surface area contributed by atoms with E-state index >= 15 is 0 Å². The Morgan fingerprint density at radius 1 is 1.22 bits per heavy atom. The third-order valence-corrected chi connectivity index (χ3v) is 3.41. The summed E-state index contributed by atoms with van der Waals surface area (Å²) in [5.41, 5.74) is 1.15. The zero-order valence-electron chi connectivity index (χ0n) is 14.6. The average Bonchev–Trinajstić information content (AvgIpc) is 2.53. The number of nitrogens with zero attached hydrogens (tertiary/aromatic N) is 2. The highest BCUT2D eigenvalue weighted by Crippen LogP contribution is 2.27. The van der Waals surface area contributed by atoms with Gasteiger partial charge in [-0.25, -0.2) is 0 Å². The number of aliphatic imine (C=N–C) groups is 1. The smallest absolute Gasteiger partial charge is 0.191 e. The average molecular weight is 436 g/mol. The maximum atomic E-state index is 5.47. The summed E-state index contributed by atoms with van der Waals surface area (Å²) in [6.07, 6.45) is 0. The Morgan fingerprint density at radius 2 is 1.91 bits per heavy atom. The van der Waals surface area contributed by atoms with Crippen molar-refractivity contribution < 1.29 is 9.47 Å². The van der Waals surface area contributed by atoms with Crippen molar-refractivity contribution in [1.29, 1.82) is 0 Å². The molecule has 1 unspecified atom stereocenters. The fraction of sp³-hybridized carbons (Fsp3) is 0.562. The van der Waals surface area contributed by atoms with Crippen LogP contribution in [0.5, 0.6) is 5.75 Å². The normalized spacial score (nSPS) is 12.5. The lowest BCUT2D eigenvalue weighted by molar-refractivity contribution is 0.203. The van der Waals surface area contributed by atoms with E-state index in [1.165, 1.54) is 0 Å². The fourth-order valence-corrected chi connectivity index (χ4v) is 2.20. The maximum Gasteiger partial charge on any atom is 0.191 e. The Bertz CT molecular complexity index is 469. The van der Waals surface area contributed by atoms with Gasteiger partial charge in [0.15, 0.2) is 5.96 Å². The molecule has 7 heteroatoms. The molecule has 0 fully saturated rings. The Morgan fingerprint density at radius 3 is 2.48 bits per heavy atom. The highest BCUT2D eigenvalue weighted by molar-refractivity contribution is 14.0. The summed E-state index contributed by atoms with van der Waals surface area (Å²) in [6, 6.07) is 8.26. The Labute approximate surface area is 156 Å². The van der Waals surface area contributed by atoms with Crippen LogP contribution >= 0.6 is 24.0 Å². The second-order valence-corrected chi connectivity index (χ2v) is 5.09. The number of likely N-dealkylation sites (N-methyl/N-ethyl adjacent to an activating group) is 1. The van der Waals surface area contributed by atoms with E-state index in [1.807, 2.05) is 18.2 Å². The molecule has 0 aromatic heterocycles. The van der Waals surface area contributed by atoms with Crippen LogP contribution in [0.3, 0.4) is 0 Å². The number of nitrogens with one attached hydrogen (secondary N) is 2. The van der Waals surface area contributed by atoms with Crippen molar-refractivity contribution in [2.45, 2.75) is 6.04 Å². The van der Waals surface area contributed by atoms with Crippen molar-refractivity contribution >= 4 is 29.9 Å². The molecule has 132 valence electrons. The van der Waals surface area contributed by atoms with Gasteiger partial charge in [0.2, 0.25) is 0 Å². The minimum atomic E-state index is 0. The van der Waals surface area contributed by atoms with Crippen LogP contribution < -0.4 is 15.4 Å². The van der Waals surface area contributed by atoms with E-state index in [2.05, 4.69) is 40.7 Å². The van der Waals surface area contributed by atoms with Crippen molar-refractivity contribution in [3.63, 3.8) is 0 Å². The predicted octanol–water partition coefficient (Wildman–Crippen LogP) is 1.73. The van der Waals surface area contributed by atoms with Gasteiger partial charge < -0.3 is 25.0 Å². The van der Waals surface area contributed by atoms with Gasteiger partial charge in [0.1, 0.15) is 5.75 Å². The van der Waals surface area contributed by atoms with Crippen LogP contribution in [0.25, 0.3) is 0 Å². The molecule has 1 rings (SSSR count). The largest absolute Gasteiger partial charge is 0.496 e. The number of halogens is 1. The lowest BCUT2D eigenvalue weighted by atomic mass is 10.0. The fourth-order valence-electron chi connectivity index (χ4n) is 2.20. The monoisotopic (exact) mass is 436 g/mol. The molecule has 23 heavy (non-hydrogen) atoms. The van der Waals surface area contributed by atoms with Crippen molar-refractivity contribution in [1.82, 2.24) is 15.5 Å². The van der Waals surface area contributed by atoms with E-state index < -0.39 is 0 Å². The molecule has 0 heterocycles. The number of rotatable bonds is 8. The highest BCUT2D eigenvalue weighted by Gasteiger charge is 2.18. The van der Waals surface area contributed by atoms with Crippen LogP contribution in [0, 0.1) is 0 Å². The first-order valence-electron chi connectivity index (χ1n) is 7.36. The van der Waals surface area contributed by atoms with Gasteiger partial charge in [0.25, 0.3) is 0 Å². The van der Waals surface area contributed by atoms with Crippen molar-refractivity contribution in [2.24, 2.45) is 4.99 Å². The molecule has 0 aliphatic rings. The van der Waals surface area contributed by atoms with Crippen LogP contribution in [0.2, 0.25) is 0 Å². The number of hydrogen-bond acceptors (Lipinski definition) is 4. The van der Waals surface area contributed by atoms with Gasteiger partial charge in [-0.1, -0.05) is 18.2 Å². The number of methoxy groups -OCH3 is 2. The van der Waals surface area contributed by atoms with Gasteiger partial charge in [-0.05, 0) is 20.2 Å². The minimum absolute atomic E-state index is 0. The summed E-state index contributed by atoms with van der Waals surface area (Å²) in [5, 5.41) is 6.55. The molecular formula is C16H29IN4O2. The number of para-hydroxylation sites is 1.